The summed E-state index contributed by atoms with van der Waals surface area (Å²) in [5.41, 5.74) is 3.94. The van der Waals surface area contributed by atoms with Gasteiger partial charge >= 0.3 is 0 Å². The van der Waals surface area contributed by atoms with Crippen molar-refractivity contribution in [1.29, 1.82) is 0 Å². The third-order valence-corrected chi connectivity index (χ3v) is 8.14. The summed E-state index contributed by atoms with van der Waals surface area (Å²) >= 11 is 0. The number of fused-ring (bicyclic) bond motifs is 1. The molecule has 0 saturated carbocycles. The van der Waals surface area contributed by atoms with Gasteiger partial charge in [-0.15, -0.1) is 5.10 Å². The molecule has 42 heavy (non-hydrogen) atoms. The molecule has 0 aliphatic carbocycles. The standard InChI is InChI=1S/C32H43N5O5/c1-5-31(38)36-14-15-41-32-26(20-36)16-25(24-9-10-28(39-3)29(17-24)40-4)18-30(32)42-22-23-8-7-12-35(19-23)13-11-27-21-37(6-2)34-33-27/h9-10,16-18,21,23H,5-8,11-15,19-20,22H2,1-4H3/t23-/m0/s1. The third kappa shape index (κ3) is 6.98. The van der Waals surface area contributed by atoms with E-state index in [1.54, 1.807) is 14.2 Å². The van der Waals surface area contributed by atoms with E-state index in [0.717, 1.165) is 79.3 Å². The lowest BCUT2D eigenvalue weighted by atomic mass is 9.98. The molecule has 2 aliphatic heterocycles. The predicted octanol–water partition coefficient (Wildman–Crippen LogP) is 4.45. The van der Waals surface area contributed by atoms with E-state index in [4.69, 9.17) is 18.9 Å². The Balaban J connectivity index is 1.34. The van der Waals surface area contributed by atoms with Crippen molar-refractivity contribution in [2.75, 3.05) is 53.6 Å². The molecule has 3 heterocycles. The minimum absolute atomic E-state index is 0.116. The van der Waals surface area contributed by atoms with Gasteiger partial charge in [-0.3, -0.25) is 9.48 Å². The van der Waals surface area contributed by atoms with Crippen LogP contribution in [-0.2, 0) is 24.3 Å². The van der Waals surface area contributed by atoms with Crippen molar-refractivity contribution in [1.82, 2.24) is 24.8 Å². The van der Waals surface area contributed by atoms with Crippen LogP contribution in [0.4, 0.5) is 0 Å². The summed E-state index contributed by atoms with van der Waals surface area (Å²) in [5, 5.41) is 8.46. The van der Waals surface area contributed by atoms with Crippen LogP contribution in [-0.4, -0.2) is 84.3 Å². The molecule has 2 aliphatic rings. The van der Waals surface area contributed by atoms with Gasteiger partial charge in [0.15, 0.2) is 23.0 Å². The van der Waals surface area contributed by atoms with Gasteiger partial charge in [0.2, 0.25) is 5.91 Å². The van der Waals surface area contributed by atoms with E-state index in [9.17, 15) is 4.79 Å². The third-order valence-electron chi connectivity index (χ3n) is 8.14. The van der Waals surface area contributed by atoms with Gasteiger partial charge in [-0.05, 0) is 61.7 Å². The van der Waals surface area contributed by atoms with Crippen LogP contribution in [0.2, 0.25) is 0 Å². The van der Waals surface area contributed by atoms with E-state index >= 15 is 0 Å². The zero-order valence-corrected chi connectivity index (χ0v) is 25.3. The molecule has 1 fully saturated rings. The van der Waals surface area contributed by atoms with E-state index in [2.05, 4.69) is 34.3 Å². The fraction of sp³-hybridized carbons (Fsp3) is 0.531. The molecule has 0 radical (unpaired) electrons. The van der Waals surface area contributed by atoms with Crippen molar-refractivity contribution in [3.63, 3.8) is 0 Å². The molecule has 10 heteroatoms. The predicted molar refractivity (Wildman–Crippen MR) is 160 cm³/mol. The number of carbonyl (C=O) groups excluding carboxylic acids is 1. The van der Waals surface area contributed by atoms with Crippen LogP contribution in [0.5, 0.6) is 23.0 Å². The SMILES string of the molecule is CCC(=O)N1CCOc2c(cc(-c3ccc(OC)c(OC)c3)cc2OC[C@H]2CCCN(CCc3cn(CC)nn3)C2)C1. The molecular weight excluding hydrogens is 534 g/mol. The lowest BCUT2D eigenvalue weighted by Crippen LogP contribution is -2.38. The fourth-order valence-electron chi connectivity index (χ4n) is 5.79. The number of amides is 1. The van der Waals surface area contributed by atoms with Gasteiger partial charge in [-0.25, -0.2) is 0 Å². The average Bonchev–Trinajstić information content (AvgIpc) is 3.39. The Morgan fingerprint density at radius 2 is 1.88 bits per heavy atom. The molecule has 0 bridgehead atoms. The van der Waals surface area contributed by atoms with Crippen molar-refractivity contribution in [3.8, 4) is 34.1 Å². The molecule has 1 aromatic heterocycles. The second-order valence-electron chi connectivity index (χ2n) is 11.0. The average molecular weight is 578 g/mol. The lowest BCUT2D eigenvalue weighted by molar-refractivity contribution is -0.131. The molecule has 10 nitrogen and oxygen atoms in total. The van der Waals surface area contributed by atoms with Crippen LogP contribution < -0.4 is 18.9 Å². The first-order chi connectivity index (χ1) is 20.5. The molecule has 1 atom stereocenters. The molecule has 1 amide bonds. The zero-order valence-electron chi connectivity index (χ0n) is 25.3. The van der Waals surface area contributed by atoms with Gasteiger partial charge in [0.25, 0.3) is 0 Å². The number of aryl methyl sites for hydroxylation is 1. The highest BCUT2D eigenvalue weighted by molar-refractivity contribution is 5.77. The number of ether oxygens (including phenoxy) is 4. The Bertz CT molecular complexity index is 1360. The minimum Gasteiger partial charge on any atom is -0.493 e. The van der Waals surface area contributed by atoms with E-state index < -0.39 is 0 Å². The summed E-state index contributed by atoms with van der Waals surface area (Å²) in [6, 6.07) is 10.0. The molecule has 2 aromatic carbocycles. The molecule has 1 saturated heterocycles. The van der Waals surface area contributed by atoms with Gasteiger partial charge in [0.1, 0.15) is 6.61 Å². The maximum Gasteiger partial charge on any atom is 0.222 e. The quantitative estimate of drug-likeness (QED) is 0.330. The Morgan fingerprint density at radius 1 is 1.05 bits per heavy atom. The molecule has 0 N–H and O–H groups in total. The summed E-state index contributed by atoms with van der Waals surface area (Å²) in [5.74, 6) is 3.31. The summed E-state index contributed by atoms with van der Waals surface area (Å²) in [4.78, 5) is 17.0. The maximum atomic E-state index is 12.6. The monoisotopic (exact) mass is 577 g/mol. The van der Waals surface area contributed by atoms with E-state index in [1.807, 2.05) is 40.9 Å². The summed E-state index contributed by atoms with van der Waals surface area (Å²) < 4.78 is 25.7. The molecule has 0 spiro atoms. The Labute approximate surface area is 248 Å². The van der Waals surface area contributed by atoms with Crippen LogP contribution in [0.15, 0.2) is 36.5 Å². The number of carbonyl (C=O) groups is 1. The molecule has 0 unspecified atom stereocenters. The number of rotatable bonds is 11. The van der Waals surface area contributed by atoms with Crippen molar-refractivity contribution in [3.05, 3.63) is 47.8 Å². The largest absolute Gasteiger partial charge is 0.493 e. The molecule has 3 aromatic rings. The van der Waals surface area contributed by atoms with Gasteiger partial charge in [0.05, 0.1) is 33.1 Å². The highest BCUT2D eigenvalue weighted by Crippen LogP contribution is 2.41. The van der Waals surface area contributed by atoms with Crippen LogP contribution in [0.1, 0.15) is 44.4 Å². The number of likely N-dealkylation sites (tertiary alicyclic amines) is 1. The second-order valence-corrected chi connectivity index (χ2v) is 11.0. The topological polar surface area (TPSA) is 91.2 Å². The Hall–Kier alpha value is -3.79. The number of hydrogen-bond donors (Lipinski definition) is 0. The number of nitrogens with zero attached hydrogens (tertiary/aromatic N) is 5. The molecule has 5 rings (SSSR count). The summed E-state index contributed by atoms with van der Waals surface area (Å²) in [6.45, 7) is 9.92. The Kier molecular flexibility index (Phi) is 9.84. The summed E-state index contributed by atoms with van der Waals surface area (Å²) in [6.07, 6.45) is 5.67. The lowest BCUT2D eigenvalue weighted by Gasteiger charge is -2.32. The molecular formula is C32H43N5O5. The number of piperidine rings is 1. The highest BCUT2D eigenvalue weighted by Gasteiger charge is 2.25. The van der Waals surface area contributed by atoms with Crippen LogP contribution in [0.3, 0.4) is 0 Å². The van der Waals surface area contributed by atoms with Crippen LogP contribution >= 0.6 is 0 Å². The number of methoxy groups -OCH3 is 2. The zero-order chi connectivity index (χ0) is 29.5. The molecule has 226 valence electrons. The van der Waals surface area contributed by atoms with Crippen molar-refractivity contribution >= 4 is 5.91 Å². The second kappa shape index (κ2) is 13.9. The van der Waals surface area contributed by atoms with Gasteiger partial charge in [0, 0.05) is 56.7 Å². The smallest absolute Gasteiger partial charge is 0.222 e. The fourth-order valence-corrected chi connectivity index (χ4v) is 5.79. The van der Waals surface area contributed by atoms with Gasteiger partial charge in [-0.1, -0.05) is 18.2 Å². The first-order valence-electron chi connectivity index (χ1n) is 15.0. The summed E-state index contributed by atoms with van der Waals surface area (Å²) in [7, 11) is 3.27. The van der Waals surface area contributed by atoms with Crippen molar-refractivity contribution in [2.24, 2.45) is 5.92 Å². The van der Waals surface area contributed by atoms with Gasteiger partial charge in [-0.2, -0.15) is 0 Å². The van der Waals surface area contributed by atoms with Crippen molar-refractivity contribution in [2.45, 2.75) is 52.6 Å². The van der Waals surface area contributed by atoms with Crippen LogP contribution in [0, 0.1) is 5.92 Å². The normalized spacial score (nSPS) is 17.2. The van der Waals surface area contributed by atoms with Gasteiger partial charge < -0.3 is 28.7 Å². The van der Waals surface area contributed by atoms with E-state index in [0.29, 0.717) is 50.1 Å². The first-order valence-corrected chi connectivity index (χ1v) is 15.0. The van der Waals surface area contributed by atoms with Crippen LogP contribution in [0.25, 0.3) is 11.1 Å². The number of benzene rings is 2. The van der Waals surface area contributed by atoms with E-state index in [1.165, 1.54) is 0 Å². The number of aromatic nitrogens is 3. The Morgan fingerprint density at radius 3 is 2.64 bits per heavy atom. The van der Waals surface area contributed by atoms with Crippen molar-refractivity contribution < 1.29 is 23.7 Å². The first kappa shape index (κ1) is 29.7. The number of hydrogen-bond acceptors (Lipinski definition) is 8. The highest BCUT2D eigenvalue weighted by atomic mass is 16.5. The maximum absolute atomic E-state index is 12.6. The van der Waals surface area contributed by atoms with E-state index in [-0.39, 0.29) is 5.91 Å². The minimum atomic E-state index is 0.116.